The van der Waals surface area contributed by atoms with Crippen molar-refractivity contribution in [1.82, 2.24) is 0 Å². The van der Waals surface area contributed by atoms with E-state index in [9.17, 15) is 4.79 Å². The van der Waals surface area contributed by atoms with Crippen LogP contribution in [0.5, 0.6) is 5.75 Å². The van der Waals surface area contributed by atoms with Crippen LogP contribution in [0.15, 0.2) is 70.9 Å². The molecular weight excluding hydrogens is 348 g/mol. The molecule has 1 saturated heterocycles. The summed E-state index contributed by atoms with van der Waals surface area (Å²) in [7, 11) is 1.62. The summed E-state index contributed by atoms with van der Waals surface area (Å²) < 4.78 is 10.7. The highest BCUT2D eigenvalue weighted by atomic mass is 32.2. The summed E-state index contributed by atoms with van der Waals surface area (Å²) >= 11 is 1.70. The molecule has 0 bridgehead atoms. The number of nitrogens with zero attached hydrogens (tertiary/aromatic N) is 2. The van der Waals surface area contributed by atoms with Gasteiger partial charge in [0.05, 0.1) is 18.5 Å². The van der Waals surface area contributed by atoms with Gasteiger partial charge in [0.15, 0.2) is 0 Å². The van der Waals surface area contributed by atoms with Crippen LogP contribution < -0.4 is 4.74 Å². The predicted molar refractivity (Wildman–Crippen MR) is 104 cm³/mol. The molecule has 0 radical (unpaired) electrons. The molecule has 26 heavy (non-hydrogen) atoms. The van der Waals surface area contributed by atoms with Gasteiger partial charge < -0.3 is 9.47 Å². The topological polar surface area (TPSA) is 60.3 Å². The van der Waals surface area contributed by atoms with Crippen LogP contribution in [-0.2, 0) is 9.53 Å². The van der Waals surface area contributed by atoms with E-state index in [4.69, 9.17) is 9.47 Å². The molecule has 1 aliphatic rings. The number of carbonyl (C=O) groups is 1. The molecule has 0 saturated carbocycles. The Bertz CT molecular complexity index is 818. The minimum atomic E-state index is -0.326. The molecule has 1 heterocycles. The number of hydrogen-bond acceptors (Lipinski definition) is 6. The number of rotatable bonds is 4. The van der Waals surface area contributed by atoms with Crippen LogP contribution in [-0.4, -0.2) is 24.6 Å². The molecule has 134 valence electrons. The van der Waals surface area contributed by atoms with E-state index in [0.29, 0.717) is 17.0 Å². The van der Waals surface area contributed by atoms with Gasteiger partial charge in [-0.3, -0.25) is 0 Å². The summed E-state index contributed by atoms with van der Waals surface area (Å²) in [6.45, 7) is 3.78. The Morgan fingerprint density at radius 2 is 1.92 bits per heavy atom. The molecule has 6 heteroatoms. The number of cyclic esters (lactones) is 1. The summed E-state index contributed by atoms with van der Waals surface area (Å²) in [6, 6.07) is 15.0. The van der Waals surface area contributed by atoms with E-state index in [1.54, 1.807) is 18.9 Å². The molecule has 5 nitrogen and oxygen atoms in total. The third-order valence-corrected chi connectivity index (χ3v) is 5.01. The summed E-state index contributed by atoms with van der Waals surface area (Å²) in [5, 5.41) is 8.53. The fourth-order valence-electron chi connectivity index (χ4n) is 2.50. The zero-order chi connectivity index (χ0) is 18.4. The third-order valence-electron chi connectivity index (χ3n) is 3.93. The highest BCUT2D eigenvalue weighted by molar-refractivity contribution is 7.99. The Labute approximate surface area is 157 Å². The molecule has 1 unspecified atom stereocenters. The van der Waals surface area contributed by atoms with Crippen molar-refractivity contribution < 1.29 is 14.3 Å². The number of thioether (sulfide) groups is 1. The smallest absolute Gasteiger partial charge is 0.334 e. The van der Waals surface area contributed by atoms with Crippen molar-refractivity contribution in [1.29, 1.82) is 0 Å². The van der Waals surface area contributed by atoms with E-state index in [-0.39, 0.29) is 12.1 Å². The van der Waals surface area contributed by atoms with Crippen LogP contribution in [0, 0.1) is 0 Å². The minimum Gasteiger partial charge on any atom is -0.497 e. The normalized spacial score (nSPS) is 18.3. The zero-order valence-electron chi connectivity index (χ0n) is 14.6. The quantitative estimate of drug-likeness (QED) is 0.412. The highest BCUT2D eigenvalue weighted by Gasteiger charge is 2.21. The number of esters is 1. The Kier molecular flexibility index (Phi) is 6.07. The van der Waals surface area contributed by atoms with Gasteiger partial charge in [-0.1, -0.05) is 18.7 Å². The van der Waals surface area contributed by atoms with Gasteiger partial charge in [-0.2, -0.15) is 22.0 Å². The lowest BCUT2D eigenvalue weighted by Gasteiger charge is -2.21. The SMILES string of the molecule is C=C1CSCCC(c2cccc(/N=N/c3ccc(OC)cc3)c2)OC1=O. The largest absolute Gasteiger partial charge is 0.497 e. The van der Waals surface area contributed by atoms with Crippen molar-refractivity contribution in [3.8, 4) is 5.75 Å². The Morgan fingerprint density at radius 1 is 1.15 bits per heavy atom. The lowest BCUT2D eigenvalue weighted by Crippen LogP contribution is -2.17. The molecule has 1 aliphatic heterocycles. The molecule has 0 spiro atoms. The van der Waals surface area contributed by atoms with Crippen LogP contribution in [0.4, 0.5) is 11.4 Å². The predicted octanol–water partition coefficient (Wildman–Crippen LogP) is 5.39. The van der Waals surface area contributed by atoms with Crippen molar-refractivity contribution in [2.75, 3.05) is 18.6 Å². The Hall–Kier alpha value is -2.60. The van der Waals surface area contributed by atoms with Crippen molar-refractivity contribution in [2.24, 2.45) is 10.2 Å². The second kappa shape index (κ2) is 8.67. The summed E-state index contributed by atoms with van der Waals surface area (Å²) in [6.07, 6.45) is 0.478. The van der Waals surface area contributed by atoms with E-state index in [1.807, 2.05) is 48.5 Å². The summed E-state index contributed by atoms with van der Waals surface area (Å²) in [5.74, 6) is 1.99. The molecule has 2 aromatic carbocycles. The van der Waals surface area contributed by atoms with Crippen molar-refractivity contribution >= 4 is 29.1 Å². The van der Waals surface area contributed by atoms with Crippen molar-refractivity contribution in [2.45, 2.75) is 12.5 Å². The molecular formula is C20H20N2O3S. The Balaban J connectivity index is 1.75. The second-order valence-electron chi connectivity index (χ2n) is 5.83. The summed E-state index contributed by atoms with van der Waals surface area (Å²) in [5.41, 5.74) is 2.87. The fraction of sp³-hybridized carbons (Fsp3) is 0.250. The average Bonchev–Trinajstić information content (AvgIpc) is 2.67. The first-order valence-electron chi connectivity index (χ1n) is 8.28. The van der Waals surface area contributed by atoms with Crippen molar-refractivity contribution in [3.05, 3.63) is 66.2 Å². The van der Waals surface area contributed by atoms with Gasteiger partial charge in [-0.15, -0.1) is 0 Å². The van der Waals surface area contributed by atoms with Gasteiger partial charge in [0.2, 0.25) is 0 Å². The van der Waals surface area contributed by atoms with Crippen LogP contribution in [0.2, 0.25) is 0 Å². The average molecular weight is 368 g/mol. The number of azo groups is 1. The fourth-order valence-corrected chi connectivity index (χ4v) is 3.39. The zero-order valence-corrected chi connectivity index (χ0v) is 15.4. The van der Waals surface area contributed by atoms with Gasteiger partial charge >= 0.3 is 5.97 Å². The first-order valence-corrected chi connectivity index (χ1v) is 9.43. The number of ether oxygens (including phenoxy) is 2. The van der Waals surface area contributed by atoms with E-state index in [2.05, 4.69) is 16.8 Å². The highest BCUT2D eigenvalue weighted by Crippen LogP contribution is 2.30. The first-order chi connectivity index (χ1) is 12.7. The molecule has 2 aromatic rings. The number of methoxy groups -OCH3 is 1. The van der Waals surface area contributed by atoms with Crippen LogP contribution in [0.3, 0.4) is 0 Å². The molecule has 0 amide bonds. The molecule has 0 aliphatic carbocycles. The van der Waals surface area contributed by atoms with Gasteiger partial charge in [0.25, 0.3) is 0 Å². The second-order valence-corrected chi connectivity index (χ2v) is 6.94. The molecule has 0 aromatic heterocycles. The standard InChI is InChI=1S/C20H20N2O3S/c1-14-13-26-11-10-19(25-20(14)23)15-4-3-5-17(12-15)22-21-16-6-8-18(24-2)9-7-16/h3-9,12,19H,1,10-11,13H2,2H3/b22-21+. The first kappa shape index (κ1) is 18.2. The Morgan fingerprint density at radius 3 is 2.69 bits per heavy atom. The van der Waals surface area contributed by atoms with Crippen molar-refractivity contribution in [3.63, 3.8) is 0 Å². The lowest BCUT2D eigenvalue weighted by atomic mass is 10.1. The van der Waals surface area contributed by atoms with Crippen LogP contribution in [0.25, 0.3) is 0 Å². The number of hydrogen-bond donors (Lipinski definition) is 0. The van der Waals surface area contributed by atoms with E-state index >= 15 is 0 Å². The van der Waals surface area contributed by atoms with Crippen LogP contribution in [0.1, 0.15) is 18.1 Å². The number of benzene rings is 2. The van der Waals surface area contributed by atoms with Gasteiger partial charge in [-0.25, -0.2) is 4.79 Å². The summed E-state index contributed by atoms with van der Waals surface area (Å²) in [4.78, 5) is 12.0. The minimum absolute atomic E-state index is 0.289. The maximum atomic E-state index is 12.0. The monoisotopic (exact) mass is 368 g/mol. The van der Waals surface area contributed by atoms with Gasteiger partial charge in [0.1, 0.15) is 11.9 Å². The molecule has 0 N–H and O–H groups in total. The molecule has 1 atom stereocenters. The van der Waals surface area contributed by atoms with Gasteiger partial charge in [-0.05, 0) is 54.1 Å². The van der Waals surface area contributed by atoms with E-state index in [1.165, 1.54) is 0 Å². The van der Waals surface area contributed by atoms with E-state index < -0.39 is 0 Å². The maximum Gasteiger partial charge on any atom is 0.334 e. The number of carbonyl (C=O) groups excluding carboxylic acids is 1. The maximum absolute atomic E-state index is 12.0. The molecule has 3 rings (SSSR count). The third kappa shape index (κ3) is 4.73. The van der Waals surface area contributed by atoms with Gasteiger partial charge in [0, 0.05) is 11.3 Å². The van der Waals surface area contributed by atoms with E-state index in [0.717, 1.165) is 29.2 Å². The molecule has 1 fully saturated rings. The van der Waals surface area contributed by atoms with Crippen LogP contribution >= 0.6 is 11.8 Å². The lowest BCUT2D eigenvalue weighted by molar-refractivity contribution is -0.144.